The van der Waals surface area contributed by atoms with E-state index in [0.29, 0.717) is 0 Å². The number of anilines is 5. The summed E-state index contributed by atoms with van der Waals surface area (Å²) in [5, 5.41) is 2.61. The first-order valence-electron chi connectivity index (χ1n) is 24.6. The fourth-order valence-corrected chi connectivity index (χ4v) is 13.8. The summed E-state index contributed by atoms with van der Waals surface area (Å²) in [7, 11) is 0. The Morgan fingerprint density at radius 2 is 1.09 bits per heavy atom. The average Bonchev–Trinajstić information content (AvgIpc) is 3.79. The van der Waals surface area contributed by atoms with Crippen LogP contribution < -0.4 is 20.6 Å². The monoisotopic (exact) mass is 912 g/mol. The molecule has 0 atom stereocenters. The van der Waals surface area contributed by atoms with Gasteiger partial charge in [0.05, 0.1) is 11.1 Å². The lowest BCUT2D eigenvalue weighted by molar-refractivity contribution is 0.590. The van der Waals surface area contributed by atoms with E-state index in [9.17, 15) is 0 Å². The Hall–Kier alpha value is -7.92. The van der Waals surface area contributed by atoms with Gasteiger partial charge in [-0.15, -0.1) is 11.3 Å². The van der Waals surface area contributed by atoms with Crippen LogP contribution in [0.2, 0.25) is 0 Å². The van der Waals surface area contributed by atoms with Gasteiger partial charge in [0.15, 0.2) is 0 Å². The largest absolute Gasteiger partial charge is 0.376 e. The Balaban J connectivity index is 1.18. The first-order valence-corrected chi connectivity index (χ1v) is 25.4. The van der Waals surface area contributed by atoms with E-state index in [1.807, 2.05) is 11.3 Å². The van der Waals surface area contributed by atoms with Crippen molar-refractivity contribution >= 4 is 77.7 Å². The molecule has 0 radical (unpaired) electrons. The Bertz CT molecular complexity index is 3870. The molecule has 11 aromatic rings. The van der Waals surface area contributed by atoms with Gasteiger partial charge in [-0.3, -0.25) is 0 Å². The quantitative estimate of drug-likeness (QED) is 0.159. The minimum absolute atomic E-state index is 0.0437. The number of benzene rings is 10. The summed E-state index contributed by atoms with van der Waals surface area (Å²) in [6.45, 7) is 9.07. The molecule has 3 aliphatic heterocycles. The normalized spacial score (nSPS) is 14.0. The highest BCUT2D eigenvalue weighted by molar-refractivity contribution is 7.27. The lowest BCUT2D eigenvalue weighted by atomic mass is 9.42. The zero-order chi connectivity index (χ0) is 46.9. The van der Waals surface area contributed by atoms with Crippen molar-refractivity contribution in [3.05, 3.63) is 258 Å². The molecule has 2 nitrogen and oxygen atoms in total. The highest BCUT2D eigenvalue weighted by atomic mass is 32.1. The highest BCUT2D eigenvalue weighted by Crippen LogP contribution is 2.61. The number of hydrogen-bond donors (Lipinski definition) is 0. The molecule has 0 unspecified atom stereocenters. The van der Waals surface area contributed by atoms with Crippen molar-refractivity contribution in [2.24, 2.45) is 0 Å². The predicted octanol–water partition coefficient (Wildman–Crippen LogP) is 16.4. The summed E-state index contributed by atoms with van der Waals surface area (Å²) in [5.41, 5.74) is 23.3. The first-order chi connectivity index (χ1) is 34.3. The van der Waals surface area contributed by atoms with Gasteiger partial charge in [-0.2, -0.15) is 0 Å². The van der Waals surface area contributed by atoms with Gasteiger partial charge in [0, 0.05) is 54.0 Å². The molecule has 0 saturated heterocycles. The molecule has 332 valence electrons. The molecular weight excluding hydrogens is 864 g/mol. The number of rotatable bonds is 5. The molecule has 4 heterocycles. The van der Waals surface area contributed by atoms with Crippen molar-refractivity contribution in [2.75, 3.05) is 9.71 Å². The second kappa shape index (κ2) is 15.3. The van der Waals surface area contributed by atoms with Crippen molar-refractivity contribution in [3.8, 4) is 33.4 Å². The molecule has 70 heavy (non-hydrogen) atoms. The molecule has 14 rings (SSSR count). The summed E-state index contributed by atoms with van der Waals surface area (Å²) < 4.78 is 2.64. The van der Waals surface area contributed by atoms with Crippen LogP contribution in [0, 0.1) is 6.92 Å². The van der Waals surface area contributed by atoms with E-state index in [-0.39, 0.29) is 12.3 Å². The number of fused-ring (bicyclic) bond motifs is 10. The van der Waals surface area contributed by atoms with Crippen LogP contribution in [-0.4, -0.2) is 6.85 Å². The van der Waals surface area contributed by atoms with E-state index in [1.54, 1.807) is 0 Å². The van der Waals surface area contributed by atoms with Crippen molar-refractivity contribution in [1.82, 2.24) is 0 Å². The smallest absolute Gasteiger partial charge is 0.334 e. The molecule has 0 N–H and O–H groups in total. The second-order valence-electron chi connectivity index (χ2n) is 20.4. The Kier molecular flexibility index (Phi) is 8.98. The van der Waals surface area contributed by atoms with Gasteiger partial charge >= 0.3 is 6.85 Å². The molecule has 0 spiro atoms. The standard InChI is InChI=1S/C66H49BN2S/c1-42-21-14-15-28-48(42)44-39-53-50-30-20-32-55-63(50)69(57-33-18-17-31-54(57)66(55,45-24-10-6-11-25-45)46-26-12-7-13-27-46)67-61(53)59(40-44)68(58-38-36-51-49-29-16-19-34-60(49)70-64(51)62(58)67)56-37-35-47(65(2,3)4)41-52(56)43-22-8-5-9-23-43/h5-41H,1-4H3. The second-order valence-corrected chi connectivity index (χ2v) is 21.5. The van der Waals surface area contributed by atoms with Crippen LogP contribution in [0.1, 0.15) is 54.2 Å². The van der Waals surface area contributed by atoms with Crippen LogP contribution in [0.15, 0.2) is 224 Å². The number of nitrogens with zero attached hydrogens (tertiary/aromatic N) is 2. The molecule has 0 aliphatic carbocycles. The van der Waals surface area contributed by atoms with Crippen LogP contribution in [0.3, 0.4) is 0 Å². The van der Waals surface area contributed by atoms with Gasteiger partial charge < -0.3 is 9.71 Å². The van der Waals surface area contributed by atoms with Crippen molar-refractivity contribution < 1.29 is 0 Å². The van der Waals surface area contributed by atoms with Crippen LogP contribution >= 0.6 is 11.3 Å². The third-order valence-electron chi connectivity index (χ3n) is 15.6. The van der Waals surface area contributed by atoms with Crippen LogP contribution in [0.5, 0.6) is 0 Å². The van der Waals surface area contributed by atoms with Crippen molar-refractivity contribution in [3.63, 3.8) is 0 Å². The molecule has 0 saturated carbocycles. The predicted molar refractivity (Wildman–Crippen MR) is 299 cm³/mol. The zero-order valence-electron chi connectivity index (χ0n) is 39.7. The summed E-state index contributed by atoms with van der Waals surface area (Å²) in [5.74, 6) is 0. The number of thiophene rings is 1. The minimum atomic E-state index is -0.596. The Labute approximate surface area is 414 Å². The fraction of sp³-hybridized carbons (Fsp3) is 0.0909. The van der Waals surface area contributed by atoms with Crippen molar-refractivity contribution in [2.45, 2.75) is 38.5 Å². The molecule has 1 aromatic heterocycles. The van der Waals surface area contributed by atoms with E-state index in [4.69, 9.17) is 0 Å². The van der Waals surface area contributed by atoms with Gasteiger partial charge in [-0.05, 0) is 121 Å². The number of para-hydroxylation sites is 2. The van der Waals surface area contributed by atoms with Gasteiger partial charge in [-0.25, -0.2) is 0 Å². The first kappa shape index (κ1) is 41.1. The summed E-state index contributed by atoms with van der Waals surface area (Å²) >= 11 is 1.94. The molecule has 0 fully saturated rings. The topological polar surface area (TPSA) is 6.48 Å². The van der Waals surface area contributed by atoms with Gasteiger partial charge in [0.25, 0.3) is 0 Å². The molecule has 3 aliphatic rings. The average molecular weight is 913 g/mol. The third kappa shape index (κ3) is 5.74. The third-order valence-corrected chi connectivity index (χ3v) is 16.8. The molecule has 0 bridgehead atoms. The van der Waals surface area contributed by atoms with E-state index in [0.717, 1.165) is 0 Å². The van der Waals surface area contributed by atoms with E-state index in [1.165, 1.54) is 126 Å². The van der Waals surface area contributed by atoms with Crippen molar-refractivity contribution in [1.29, 1.82) is 0 Å². The van der Waals surface area contributed by atoms with E-state index >= 15 is 0 Å². The zero-order valence-corrected chi connectivity index (χ0v) is 40.6. The van der Waals surface area contributed by atoms with Crippen LogP contribution in [0.25, 0.3) is 53.6 Å². The number of hydrogen-bond acceptors (Lipinski definition) is 3. The Morgan fingerprint density at radius 1 is 0.443 bits per heavy atom. The maximum Gasteiger partial charge on any atom is 0.334 e. The Morgan fingerprint density at radius 3 is 1.84 bits per heavy atom. The highest BCUT2D eigenvalue weighted by Gasteiger charge is 2.54. The summed E-state index contributed by atoms with van der Waals surface area (Å²) in [6.07, 6.45) is 0. The van der Waals surface area contributed by atoms with Crippen LogP contribution in [-0.2, 0) is 10.8 Å². The fourth-order valence-electron chi connectivity index (χ4n) is 12.5. The molecule has 0 amide bonds. The van der Waals surface area contributed by atoms with Crippen LogP contribution in [0.4, 0.5) is 28.4 Å². The molecular formula is C66H49BN2S. The van der Waals surface area contributed by atoms with Gasteiger partial charge in [0.1, 0.15) is 0 Å². The van der Waals surface area contributed by atoms with E-state index < -0.39 is 5.41 Å². The lowest BCUT2D eigenvalue weighted by Gasteiger charge is -2.53. The minimum Gasteiger partial charge on any atom is -0.376 e. The molecule has 10 aromatic carbocycles. The maximum atomic E-state index is 2.77. The van der Waals surface area contributed by atoms with E-state index in [2.05, 4.69) is 262 Å². The maximum absolute atomic E-state index is 2.77. The summed E-state index contributed by atoms with van der Waals surface area (Å²) in [4.78, 5) is 5.41. The van der Waals surface area contributed by atoms with Gasteiger partial charge in [-0.1, -0.05) is 203 Å². The summed E-state index contributed by atoms with van der Waals surface area (Å²) in [6, 6.07) is 85.1. The number of aryl methyl sites for hydroxylation is 1. The molecule has 4 heteroatoms. The SMILES string of the molecule is Cc1ccccc1-c1cc2c3c(c1)N(c1ccc(C(C)(C)C)cc1-c1ccccc1)c1ccc4c(sc5ccccc54)c1B3N1c3ccccc3C(c3ccccc3)(c3ccccc3)c3cccc-2c31. The lowest BCUT2D eigenvalue weighted by Crippen LogP contribution is -2.63. The van der Waals surface area contributed by atoms with Gasteiger partial charge in [0.2, 0.25) is 0 Å².